The SMILES string of the molecule is CC(C)C(NC(=O)Cc1ccccc1)C(=O)NCc1ccc(C(=O)O)cc1. The van der Waals surface area contributed by atoms with Gasteiger partial charge in [-0.25, -0.2) is 4.79 Å². The number of carboxylic acid groups (broad SMARTS) is 1. The molecule has 0 saturated heterocycles. The number of rotatable bonds is 8. The lowest BCUT2D eigenvalue weighted by Crippen LogP contribution is -2.49. The van der Waals surface area contributed by atoms with Crippen LogP contribution in [-0.2, 0) is 22.6 Å². The van der Waals surface area contributed by atoms with E-state index in [2.05, 4.69) is 10.6 Å². The van der Waals surface area contributed by atoms with Crippen molar-refractivity contribution < 1.29 is 19.5 Å². The molecule has 0 aliphatic carbocycles. The third-order valence-corrected chi connectivity index (χ3v) is 4.14. The Kier molecular flexibility index (Phi) is 7.11. The highest BCUT2D eigenvalue weighted by Crippen LogP contribution is 2.07. The highest BCUT2D eigenvalue weighted by molar-refractivity contribution is 5.89. The predicted octanol–water partition coefficient (Wildman–Crippen LogP) is 2.38. The number of carbonyl (C=O) groups is 3. The van der Waals surface area contributed by atoms with Gasteiger partial charge in [0.15, 0.2) is 0 Å². The van der Waals surface area contributed by atoms with Crippen molar-refractivity contribution in [2.45, 2.75) is 32.9 Å². The molecule has 1 atom stereocenters. The van der Waals surface area contributed by atoms with E-state index in [4.69, 9.17) is 5.11 Å². The molecule has 0 bridgehead atoms. The lowest BCUT2D eigenvalue weighted by Gasteiger charge is -2.22. The Labute approximate surface area is 158 Å². The first kappa shape index (κ1) is 20.2. The average Bonchev–Trinajstić information content (AvgIpc) is 2.65. The van der Waals surface area contributed by atoms with E-state index in [1.165, 1.54) is 12.1 Å². The van der Waals surface area contributed by atoms with Crippen molar-refractivity contribution in [1.82, 2.24) is 10.6 Å². The molecule has 0 saturated carbocycles. The van der Waals surface area contributed by atoms with E-state index in [-0.39, 0.29) is 36.3 Å². The van der Waals surface area contributed by atoms with Gasteiger partial charge in [0.2, 0.25) is 11.8 Å². The Hall–Kier alpha value is -3.15. The second kappa shape index (κ2) is 9.52. The van der Waals surface area contributed by atoms with Gasteiger partial charge in [-0.15, -0.1) is 0 Å². The topological polar surface area (TPSA) is 95.5 Å². The van der Waals surface area contributed by atoms with Crippen molar-refractivity contribution in [3.05, 3.63) is 71.3 Å². The van der Waals surface area contributed by atoms with Crippen LogP contribution in [0.3, 0.4) is 0 Å². The van der Waals surface area contributed by atoms with Crippen LogP contribution in [0.4, 0.5) is 0 Å². The number of hydrogen-bond acceptors (Lipinski definition) is 3. The van der Waals surface area contributed by atoms with E-state index in [9.17, 15) is 14.4 Å². The second-order valence-electron chi connectivity index (χ2n) is 6.67. The number of amides is 2. The van der Waals surface area contributed by atoms with E-state index in [0.29, 0.717) is 0 Å². The van der Waals surface area contributed by atoms with Gasteiger partial charge in [-0.1, -0.05) is 56.3 Å². The van der Waals surface area contributed by atoms with Gasteiger partial charge < -0.3 is 15.7 Å². The smallest absolute Gasteiger partial charge is 0.335 e. The van der Waals surface area contributed by atoms with Crippen LogP contribution in [0, 0.1) is 5.92 Å². The van der Waals surface area contributed by atoms with Crippen molar-refractivity contribution in [3.63, 3.8) is 0 Å². The quantitative estimate of drug-likeness (QED) is 0.667. The fraction of sp³-hybridized carbons (Fsp3) is 0.286. The summed E-state index contributed by atoms with van der Waals surface area (Å²) in [6, 6.07) is 15.0. The maximum absolute atomic E-state index is 12.5. The molecular formula is C21H24N2O4. The third kappa shape index (κ3) is 6.26. The van der Waals surface area contributed by atoms with Gasteiger partial charge in [0.1, 0.15) is 6.04 Å². The zero-order valence-corrected chi connectivity index (χ0v) is 15.4. The van der Waals surface area contributed by atoms with Gasteiger partial charge in [-0.05, 0) is 29.2 Å². The zero-order valence-electron chi connectivity index (χ0n) is 15.4. The van der Waals surface area contributed by atoms with E-state index in [1.807, 2.05) is 44.2 Å². The molecule has 3 N–H and O–H groups in total. The minimum atomic E-state index is -0.994. The van der Waals surface area contributed by atoms with Crippen LogP contribution in [0.5, 0.6) is 0 Å². The van der Waals surface area contributed by atoms with Crippen molar-refractivity contribution in [2.24, 2.45) is 5.92 Å². The van der Waals surface area contributed by atoms with E-state index >= 15 is 0 Å². The Balaban J connectivity index is 1.92. The summed E-state index contributed by atoms with van der Waals surface area (Å²) in [6.07, 6.45) is 0.216. The van der Waals surface area contributed by atoms with Crippen LogP contribution in [0.25, 0.3) is 0 Å². The Bertz CT molecular complexity index is 786. The van der Waals surface area contributed by atoms with Crippen molar-refractivity contribution in [3.8, 4) is 0 Å². The van der Waals surface area contributed by atoms with Crippen molar-refractivity contribution in [2.75, 3.05) is 0 Å². The molecule has 1 unspecified atom stereocenters. The highest BCUT2D eigenvalue weighted by atomic mass is 16.4. The standard InChI is InChI=1S/C21H24N2O4/c1-14(2)19(23-18(24)12-15-6-4-3-5-7-15)20(25)22-13-16-8-10-17(11-9-16)21(26)27/h3-11,14,19H,12-13H2,1-2H3,(H,22,25)(H,23,24)(H,26,27). The van der Waals surface area contributed by atoms with Gasteiger partial charge in [0, 0.05) is 6.54 Å². The summed E-state index contributed by atoms with van der Waals surface area (Å²) >= 11 is 0. The lowest BCUT2D eigenvalue weighted by molar-refractivity contribution is -0.129. The predicted molar refractivity (Wildman–Crippen MR) is 102 cm³/mol. The molecule has 142 valence electrons. The minimum absolute atomic E-state index is 0.0703. The summed E-state index contributed by atoms with van der Waals surface area (Å²) in [6.45, 7) is 4.00. The minimum Gasteiger partial charge on any atom is -0.478 e. The van der Waals surface area contributed by atoms with E-state index < -0.39 is 12.0 Å². The number of aromatic carboxylic acids is 1. The first-order valence-corrected chi connectivity index (χ1v) is 8.80. The fourth-order valence-electron chi connectivity index (χ4n) is 2.60. The molecule has 0 aliphatic rings. The molecule has 0 fully saturated rings. The monoisotopic (exact) mass is 368 g/mol. The molecule has 0 spiro atoms. The molecule has 0 aromatic heterocycles. The van der Waals surface area contributed by atoms with Gasteiger partial charge in [0.25, 0.3) is 0 Å². The van der Waals surface area contributed by atoms with Crippen LogP contribution in [0.2, 0.25) is 0 Å². The maximum Gasteiger partial charge on any atom is 0.335 e. The van der Waals surface area contributed by atoms with Crippen molar-refractivity contribution >= 4 is 17.8 Å². The molecule has 6 nitrogen and oxygen atoms in total. The highest BCUT2D eigenvalue weighted by Gasteiger charge is 2.23. The van der Waals surface area contributed by atoms with Gasteiger partial charge in [0.05, 0.1) is 12.0 Å². The average molecular weight is 368 g/mol. The second-order valence-corrected chi connectivity index (χ2v) is 6.67. The van der Waals surface area contributed by atoms with Crippen molar-refractivity contribution in [1.29, 1.82) is 0 Å². The largest absolute Gasteiger partial charge is 0.478 e. The Morgan fingerprint density at radius 1 is 0.926 bits per heavy atom. The Morgan fingerprint density at radius 2 is 1.56 bits per heavy atom. The number of benzene rings is 2. The number of hydrogen-bond donors (Lipinski definition) is 3. The summed E-state index contributed by atoms with van der Waals surface area (Å²) < 4.78 is 0. The molecule has 6 heteroatoms. The maximum atomic E-state index is 12.5. The summed E-state index contributed by atoms with van der Waals surface area (Å²) in [7, 11) is 0. The van der Waals surface area contributed by atoms with Crippen LogP contribution in [-0.4, -0.2) is 28.9 Å². The van der Waals surface area contributed by atoms with Crippen LogP contribution in [0.15, 0.2) is 54.6 Å². The summed E-state index contributed by atoms with van der Waals surface area (Å²) in [4.78, 5) is 35.6. The molecule has 2 rings (SSSR count). The summed E-state index contributed by atoms with van der Waals surface area (Å²) in [5.74, 6) is -1.54. The molecule has 0 heterocycles. The normalized spacial score (nSPS) is 11.7. The molecule has 0 aliphatic heterocycles. The fourth-order valence-corrected chi connectivity index (χ4v) is 2.60. The number of carbonyl (C=O) groups excluding carboxylic acids is 2. The van der Waals surface area contributed by atoms with Crippen LogP contribution in [0.1, 0.15) is 35.3 Å². The van der Waals surface area contributed by atoms with Gasteiger partial charge >= 0.3 is 5.97 Å². The molecule has 2 amide bonds. The van der Waals surface area contributed by atoms with Crippen LogP contribution >= 0.6 is 0 Å². The van der Waals surface area contributed by atoms with E-state index in [1.54, 1.807) is 12.1 Å². The number of carboxylic acids is 1. The number of nitrogens with one attached hydrogen (secondary N) is 2. The summed E-state index contributed by atoms with van der Waals surface area (Å²) in [5.41, 5.74) is 1.86. The molecule has 0 radical (unpaired) electrons. The molecule has 2 aromatic rings. The Morgan fingerprint density at radius 3 is 2.11 bits per heavy atom. The van der Waals surface area contributed by atoms with E-state index in [0.717, 1.165) is 11.1 Å². The zero-order chi connectivity index (χ0) is 19.8. The first-order valence-electron chi connectivity index (χ1n) is 8.80. The van der Waals surface area contributed by atoms with Gasteiger partial charge in [-0.3, -0.25) is 9.59 Å². The lowest BCUT2D eigenvalue weighted by atomic mass is 10.0. The molecule has 2 aromatic carbocycles. The first-order chi connectivity index (χ1) is 12.9. The van der Waals surface area contributed by atoms with Gasteiger partial charge in [-0.2, -0.15) is 0 Å². The van der Waals surface area contributed by atoms with Crippen LogP contribution < -0.4 is 10.6 Å². The third-order valence-electron chi connectivity index (χ3n) is 4.14. The molecular weight excluding hydrogens is 344 g/mol. The summed E-state index contributed by atoms with van der Waals surface area (Å²) in [5, 5.41) is 14.5. The molecule has 27 heavy (non-hydrogen) atoms.